The van der Waals surface area contributed by atoms with Crippen molar-refractivity contribution in [2.75, 3.05) is 33.9 Å². The smallest absolute Gasteiger partial charge is 0.149 e. The van der Waals surface area contributed by atoms with Gasteiger partial charge in [0.2, 0.25) is 0 Å². The van der Waals surface area contributed by atoms with E-state index in [-0.39, 0.29) is 26.8 Å². The molecule has 0 saturated heterocycles. The van der Waals surface area contributed by atoms with Gasteiger partial charge in [-0.15, -0.1) is 0 Å². The minimum absolute atomic E-state index is 0.0604. The fraction of sp³-hybridized carbons (Fsp3) is 1.00. The van der Waals surface area contributed by atoms with E-state index in [9.17, 15) is 0 Å². The highest BCUT2D eigenvalue weighted by Gasteiger charge is 1.99. The Bertz CT molecular complexity index is 77.4. The molecule has 0 aliphatic heterocycles. The number of rotatable bonds is 7. The standard InChI is InChI=1S/C6H14O5/c1-9-4-11-5-10-3-6(8)2-7/h6-8H,2-5H2,1H3. The maximum atomic E-state index is 8.75. The summed E-state index contributed by atoms with van der Waals surface area (Å²) >= 11 is 0. The molecule has 0 bridgehead atoms. The molecule has 0 spiro atoms. The summed E-state index contributed by atoms with van der Waals surface area (Å²) < 4.78 is 14.1. The van der Waals surface area contributed by atoms with Gasteiger partial charge >= 0.3 is 0 Å². The van der Waals surface area contributed by atoms with Crippen LogP contribution in [-0.2, 0) is 14.2 Å². The first-order valence-electron chi connectivity index (χ1n) is 3.24. The second kappa shape index (κ2) is 7.90. The van der Waals surface area contributed by atoms with Crippen molar-refractivity contribution in [3.8, 4) is 0 Å². The Balaban J connectivity index is 2.89. The lowest BCUT2D eigenvalue weighted by molar-refractivity contribution is -0.134. The van der Waals surface area contributed by atoms with E-state index < -0.39 is 6.10 Å². The summed E-state index contributed by atoms with van der Waals surface area (Å²) in [6.45, 7) is -0.00931. The summed E-state index contributed by atoms with van der Waals surface area (Å²) in [5.41, 5.74) is 0. The summed E-state index contributed by atoms with van der Waals surface area (Å²) in [6, 6.07) is 0. The number of hydrogen-bond acceptors (Lipinski definition) is 5. The monoisotopic (exact) mass is 166 g/mol. The Morgan fingerprint density at radius 2 is 2.00 bits per heavy atom. The normalized spacial score (nSPS) is 13.4. The molecule has 5 heteroatoms. The topological polar surface area (TPSA) is 68.2 Å². The number of hydrogen-bond donors (Lipinski definition) is 2. The van der Waals surface area contributed by atoms with Crippen molar-refractivity contribution < 1.29 is 24.4 Å². The van der Waals surface area contributed by atoms with Gasteiger partial charge in [-0.3, -0.25) is 0 Å². The van der Waals surface area contributed by atoms with Crippen LogP contribution in [0, 0.1) is 0 Å². The van der Waals surface area contributed by atoms with Crippen molar-refractivity contribution in [2.45, 2.75) is 6.10 Å². The number of aliphatic hydroxyl groups is 2. The molecule has 0 saturated carbocycles. The zero-order valence-electron chi connectivity index (χ0n) is 6.52. The molecular weight excluding hydrogens is 152 g/mol. The van der Waals surface area contributed by atoms with Gasteiger partial charge in [-0.1, -0.05) is 0 Å². The summed E-state index contributed by atoms with van der Waals surface area (Å²) in [6.07, 6.45) is -0.832. The maximum absolute atomic E-state index is 8.75. The lowest BCUT2D eigenvalue weighted by Crippen LogP contribution is -2.20. The van der Waals surface area contributed by atoms with Gasteiger partial charge in [0.25, 0.3) is 0 Å². The molecule has 0 amide bonds. The van der Waals surface area contributed by atoms with E-state index in [1.54, 1.807) is 0 Å². The fourth-order valence-electron chi connectivity index (χ4n) is 0.413. The molecule has 0 radical (unpaired) electrons. The number of methoxy groups -OCH3 is 1. The molecule has 0 aromatic heterocycles. The first kappa shape index (κ1) is 10.8. The van der Waals surface area contributed by atoms with Gasteiger partial charge in [-0.25, -0.2) is 0 Å². The van der Waals surface area contributed by atoms with E-state index in [1.165, 1.54) is 7.11 Å². The Morgan fingerprint density at radius 3 is 2.55 bits per heavy atom. The van der Waals surface area contributed by atoms with E-state index in [1.807, 2.05) is 0 Å². The van der Waals surface area contributed by atoms with E-state index in [4.69, 9.17) is 19.7 Å². The minimum atomic E-state index is -0.832. The van der Waals surface area contributed by atoms with E-state index in [2.05, 4.69) is 4.74 Å². The zero-order valence-corrected chi connectivity index (χ0v) is 6.52. The highest BCUT2D eigenvalue weighted by atomic mass is 16.7. The lowest BCUT2D eigenvalue weighted by atomic mass is 10.4. The van der Waals surface area contributed by atoms with Gasteiger partial charge in [0.15, 0.2) is 0 Å². The van der Waals surface area contributed by atoms with Crippen molar-refractivity contribution in [2.24, 2.45) is 0 Å². The summed E-state index contributed by atoms with van der Waals surface area (Å²) in [5, 5.41) is 17.1. The van der Waals surface area contributed by atoms with Gasteiger partial charge in [0.1, 0.15) is 19.7 Å². The van der Waals surface area contributed by atoms with E-state index in [0.29, 0.717) is 0 Å². The molecule has 1 atom stereocenters. The van der Waals surface area contributed by atoms with Crippen LogP contribution in [0.15, 0.2) is 0 Å². The predicted octanol–water partition coefficient (Wildman–Crippen LogP) is -1.07. The Labute approximate surface area is 65.5 Å². The highest BCUT2D eigenvalue weighted by molar-refractivity contribution is 4.46. The second-order valence-corrected chi connectivity index (χ2v) is 1.94. The second-order valence-electron chi connectivity index (χ2n) is 1.94. The molecule has 68 valence electrons. The SMILES string of the molecule is COCOCOCC(O)CO. The minimum Gasteiger partial charge on any atom is -0.394 e. The summed E-state index contributed by atoms with van der Waals surface area (Å²) in [7, 11) is 1.50. The van der Waals surface area contributed by atoms with Crippen LogP contribution in [0.25, 0.3) is 0 Å². The van der Waals surface area contributed by atoms with E-state index >= 15 is 0 Å². The third-order valence-corrected chi connectivity index (χ3v) is 0.889. The lowest BCUT2D eigenvalue weighted by Gasteiger charge is -2.07. The fourth-order valence-corrected chi connectivity index (χ4v) is 0.413. The van der Waals surface area contributed by atoms with Crippen LogP contribution in [0.4, 0.5) is 0 Å². The van der Waals surface area contributed by atoms with Crippen LogP contribution in [0.5, 0.6) is 0 Å². The molecule has 11 heavy (non-hydrogen) atoms. The van der Waals surface area contributed by atoms with Crippen LogP contribution in [0.1, 0.15) is 0 Å². The van der Waals surface area contributed by atoms with Crippen LogP contribution in [-0.4, -0.2) is 50.2 Å². The maximum Gasteiger partial charge on any atom is 0.149 e. The van der Waals surface area contributed by atoms with Crippen molar-refractivity contribution >= 4 is 0 Å². The van der Waals surface area contributed by atoms with Gasteiger partial charge in [0, 0.05) is 7.11 Å². The highest BCUT2D eigenvalue weighted by Crippen LogP contribution is 1.84. The third-order valence-electron chi connectivity index (χ3n) is 0.889. The predicted molar refractivity (Wildman–Crippen MR) is 36.9 cm³/mol. The molecule has 2 N–H and O–H groups in total. The zero-order chi connectivity index (χ0) is 8.53. The molecule has 0 aliphatic rings. The van der Waals surface area contributed by atoms with Crippen LogP contribution in [0.3, 0.4) is 0 Å². The summed E-state index contributed by atoms with van der Waals surface area (Å²) in [5.74, 6) is 0. The van der Waals surface area contributed by atoms with Crippen molar-refractivity contribution in [3.05, 3.63) is 0 Å². The summed E-state index contributed by atoms with van der Waals surface area (Å²) in [4.78, 5) is 0. The molecular formula is C6H14O5. The largest absolute Gasteiger partial charge is 0.394 e. The third kappa shape index (κ3) is 7.70. The molecule has 0 aliphatic carbocycles. The van der Waals surface area contributed by atoms with Gasteiger partial charge < -0.3 is 24.4 Å². The van der Waals surface area contributed by atoms with Crippen LogP contribution >= 0.6 is 0 Å². The molecule has 0 aromatic carbocycles. The number of aliphatic hydroxyl groups excluding tert-OH is 2. The average molecular weight is 166 g/mol. The average Bonchev–Trinajstić information content (AvgIpc) is 2.04. The molecule has 1 unspecified atom stereocenters. The van der Waals surface area contributed by atoms with Gasteiger partial charge in [-0.2, -0.15) is 0 Å². The molecule has 0 fully saturated rings. The van der Waals surface area contributed by atoms with Crippen molar-refractivity contribution in [1.82, 2.24) is 0 Å². The van der Waals surface area contributed by atoms with Crippen LogP contribution < -0.4 is 0 Å². The first-order valence-corrected chi connectivity index (χ1v) is 3.24. The number of ether oxygens (including phenoxy) is 3. The first-order chi connectivity index (χ1) is 5.31. The van der Waals surface area contributed by atoms with Gasteiger partial charge in [0.05, 0.1) is 13.2 Å². The molecule has 0 aromatic rings. The Hall–Kier alpha value is -0.200. The van der Waals surface area contributed by atoms with Crippen molar-refractivity contribution in [3.63, 3.8) is 0 Å². The Kier molecular flexibility index (Phi) is 7.76. The van der Waals surface area contributed by atoms with Crippen LogP contribution in [0.2, 0.25) is 0 Å². The molecule has 0 rings (SSSR count). The van der Waals surface area contributed by atoms with Gasteiger partial charge in [-0.05, 0) is 0 Å². The quantitative estimate of drug-likeness (QED) is 0.372. The van der Waals surface area contributed by atoms with E-state index in [0.717, 1.165) is 0 Å². The Morgan fingerprint density at radius 1 is 1.27 bits per heavy atom. The van der Waals surface area contributed by atoms with Crippen molar-refractivity contribution in [1.29, 1.82) is 0 Å². The molecule has 0 heterocycles. The molecule has 5 nitrogen and oxygen atoms in total.